The molecule has 0 heterocycles. The van der Waals surface area contributed by atoms with Gasteiger partial charge >= 0.3 is 5.97 Å². The standard InChI is InChI=1S/C31H44N2O4/c1-3-4-5-6-7-8-9-10-11-12-13-14-18-21-30(34)33-32-25-26-22-23-28(29(24-26)36-2)37-31(35)27-19-16-15-17-20-27/h15-17,19-20,22-25H,3-14,18,21H2,1-2H3,(H,33,34)/b32-25-. The Balaban J connectivity index is 1.58. The SMILES string of the molecule is CCCCCCCCCCCCCCCC(=O)N/N=C\c1ccc(OC(=O)c2ccccc2)c(OC)c1. The number of hydrogen-bond donors (Lipinski definition) is 1. The molecule has 2 aromatic carbocycles. The smallest absolute Gasteiger partial charge is 0.343 e. The number of hydrazone groups is 1. The van der Waals surface area contributed by atoms with Crippen LogP contribution in [0.25, 0.3) is 0 Å². The number of hydrogen-bond acceptors (Lipinski definition) is 5. The first-order valence-corrected chi connectivity index (χ1v) is 13.9. The van der Waals surface area contributed by atoms with Crippen molar-refractivity contribution in [3.8, 4) is 11.5 Å². The molecule has 0 aliphatic heterocycles. The molecule has 6 heteroatoms. The Kier molecular flexibility index (Phi) is 15.5. The quantitative estimate of drug-likeness (QED) is 0.0689. The molecular weight excluding hydrogens is 464 g/mol. The Labute approximate surface area is 222 Å². The van der Waals surface area contributed by atoms with Crippen molar-refractivity contribution in [2.75, 3.05) is 7.11 Å². The first-order valence-electron chi connectivity index (χ1n) is 13.9. The van der Waals surface area contributed by atoms with E-state index in [-0.39, 0.29) is 5.91 Å². The Morgan fingerprint density at radius 3 is 1.97 bits per heavy atom. The number of carbonyl (C=O) groups is 2. The Morgan fingerprint density at radius 2 is 1.38 bits per heavy atom. The monoisotopic (exact) mass is 508 g/mol. The lowest BCUT2D eigenvalue weighted by atomic mass is 10.0. The van der Waals surface area contributed by atoms with Crippen LogP contribution in [-0.4, -0.2) is 25.2 Å². The largest absolute Gasteiger partial charge is 0.493 e. The normalized spacial score (nSPS) is 11.0. The van der Waals surface area contributed by atoms with Crippen LogP contribution >= 0.6 is 0 Å². The summed E-state index contributed by atoms with van der Waals surface area (Å²) in [5, 5.41) is 4.05. The molecule has 37 heavy (non-hydrogen) atoms. The molecule has 0 bridgehead atoms. The lowest BCUT2D eigenvalue weighted by Gasteiger charge is -2.10. The minimum atomic E-state index is -0.458. The molecule has 0 saturated carbocycles. The first kappa shape index (κ1) is 30.1. The van der Waals surface area contributed by atoms with E-state index in [0.29, 0.717) is 23.5 Å². The van der Waals surface area contributed by atoms with Gasteiger partial charge in [0.05, 0.1) is 18.9 Å². The van der Waals surface area contributed by atoms with E-state index in [1.807, 2.05) is 6.07 Å². The Bertz CT molecular complexity index is 943. The average molecular weight is 509 g/mol. The lowest BCUT2D eigenvalue weighted by Crippen LogP contribution is -2.16. The molecule has 0 atom stereocenters. The topological polar surface area (TPSA) is 77.0 Å². The predicted molar refractivity (Wildman–Crippen MR) is 150 cm³/mol. The maximum Gasteiger partial charge on any atom is 0.343 e. The van der Waals surface area contributed by atoms with Crippen LogP contribution in [0.4, 0.5) is 0 Å². The molecule has 0 aliphatic carbocycles. The fourth-order valence-corrected chi connectivity index (χ4v) is 4.12. The number of methoxy groups -OCH3 is 1. The maximum atomic E-state index is 12.3. The second-order valence-electron chi connectivity index (χ2n) is 9.45. The van der Waals surface area contributed by atoms with E-state index < -0.39 is 5.97 Å². The van der Waals surface area contributed by atoms with Gasteiger partial charge in [-0.25, -0.2) is 10.2 Å². The third-order valence-corrected chi connectivity index (χ3v) is 6.31. The van der Waals surface area contributed by atoms with E-state index in [2.05, 4.69) is 17.5 Å². The van der Waals surface area contributed by atoms with Gasteiger partial charge in [-0.2, -0.15) is 5.10 Å². The predicted octanol–water partition coefficient (Wildman–Crippen LogP) is 7.85. The lowest BCUT2D eigenvalue weighted by molar-refractivity contribution is -0.121. The van der Waals surface area contributed by atoms with Gasteiger partial charge in [0.15, 0.2) is 11.5 Å². The molecule has 6 nitrogen and oxygen atoms in total. The van der Waals surface area contributed by atoms with E-state index in [0.717, 1.165) is 18.4 Å². The van der Waals surface area contributed by atoms with Crippen LogP contribution in [0.15, 0.2) is 53.6 Å². The van der Waals surface area contributed by atoms with E-state index in [9.17, 15) is 9.59 Å². The van der Waals surface area contributed by atoms with Gasteiger partial charge in [0.25, 0.3) is 0 Å². The van der Waals surface area contributed by atoms with Gasteiger partial charge in [-0.3, -0.25) is 4.79 Å². The highest BCUT2D eigenvalue weighted by Crippen LogP contribution is 2.28. The zero-order valence-corrected chi connectivity index (χ0v) is 22.7. The van der Waals surface area contributed by atoms with Crippen LogP contribution in [-0.2, 0) is 4.79 Å². The van der Waals surface area contributed by atoms with Gasteiger partial charge in [0.2, 0.25) is 5.91 Å². The van der Waals surface area contributed by atoms with Crippen LogP contribution in [0.1, 0.15) is 113 Å². The zero-order chi connectivity index (χ0) is 26.6. The fourth-order valence-electron chi connectivity index (χ4n) is 4.12. The van der Waals surface area contributed by atoms with Crippen molar-refractivity contribution in [3.63, 3.8) is 0 Å². The van der Waals surface area contributed by atoms with E-state index in [1.165, 1.54) is 77.7 Å². The number of amides is 1. The summed E-state index contributed by atoms with van der Waals surface area (Å²) in [5.74, 6) is 0.187. The summed E-state index contributed by atoms with van der Waals surface area (Å²) in [7, 11) is 1.51. The van der Waals surface area contributed by atoms with Crippen molar-refractivity contribution in [1.82, 2.24) is 5.43 Å². The second kappa shape index (κ2) is 19.0. The summed E-state index contributed by atoms with van der Waals surface area (Å²) in [6, 6.07) is 13.9. The van der Waals surface area contributed by atoms with Crippen LogP contribution < -0.4 is 14.9 Å². The molecule has 0 saturated heterocycles. The minimum Gasteiger partial charge on any atom is -0.493 e. The molecule has 0 fully saturated rings. The third kappa shape index (κ3) is 13.1. The van der Waals surface area contributed by atoms with Crippen molar-refractivity contribution in [3.05, 3.63) is 59.7 Å². The molecule has 1 N–H and O–H groups in total. The molecule has 0 aliphatic rings. The number of nitrogens with one attached hydrogen (secondary N) is 1. The summed E-state index contributed by atoms with van der Waals surface area (Å²) in [4.78, 5) is 24.4. The van der Waals surface area contributed by atoms with Gasteiger partial charge in [-0.05, 0) is 42.3 Å². The van der Waals surface area contributed by atoms with Gasteiger partial charge in [0.1, 0.15) is 0 Å². The second-order valence-corrected chi connectivity index (χ2v) is 9.45. The molecule has 0 unspecified atom stereocenters. The molecular formula is C31H44N2O4. The molecule has 0 aromatic heterocycles. The average Bonchev–Trinajstić information content (AvgIpc) is 2.92. The zero-order valence-electron chi connectivity index (χ0n) is 22.7. The summed E-state index contributed by atoms with van der Waals surface area (Å²) in [5.41, 5.74) is 3.76. The van der Waals surface area contributed by atoms with Crippen molar-refractivity contribution in [2.24, 2.45) is 5.10 Å². The highest BCUT2D eigenvalue weighted by atomic mass is 16.6. The maximum absolute atomic E-state index is 12.3. The van der Waals surface area contributed by atoms with Crippen LogP contribution in [0.2, 0.25) is 0 Å². The van der Waals surface area contributed by atoms with Crippen molar-refractivity contribution in [1.29, 1.82) is 0 Å². The number of unbranched alkanes of at least 4 members (excludes halogenated alkanes) is 12. The summed E-state index contributed by atoms with van der Waals surface area (Å²) in [6.45, 7) is 2.26. The molecule has 0 spiro atoms. The first-order chi connectivity index (χ1) is 18.1. The number of esters is 1. The summed E-state index contributed by atoms with van der Waals surface area (Å²) >= 11 is 0. The number of ether oxygens (including phenoxy) is 2. The molecule has 2 aromatic rings. The number of benzene rings is 2. The number of rotatable bonds is 19. The molecule has 202 valence electrons. The number of nitrogens with zero attached hydrogens (tertiary/aromatic N) is 1. The van der Waals surface area contributed by atoms with Gasteiger partial charge < -0.3 is 9.47 Å². The van der Waals surface area contributed by atoms with Crippen molar-refractivity contribution >= 4 is 18.1 Å². The number of carbonyl (C=O) groups excluding carboxylic acids is 2. The summed E-state index contributed by atoms with van der Waals surface area (Å²) in [6.07, 6.45) is 18.7. The Morgan fingerprint density at radius 1 is 0.784 bits per heavy atom. The van der Waals surface area contributed by atoms with Crippen molar-refractivity contribution < 1.29 is 19.1 Å². The minimum absolute atomic E-state index is 0.0836. The van der Waals surface area contributed by atoms with Gasteiger partial charge in [0, 0.05) is 6.42 Å². The van der Waals surface area contributed by atoms with Crippen LogP contribution in [0.5, 0.6) is 11.5 Å². The van der Waals surface area contributed by atoms with Gasteiger partial charge in [-0.1, -0.05) is 102 Å². The van der Waals surface area contributed by atoms with Crippen molar-refractivity contribution in [2.45, 2.75) is 96.8 Å². The molecule has 2 rings (SSSR count). The molecule has 1 amide bonds. The van der Waals surface area contributed by atoms with E-state index >= 15 is 0 Å². The highest BCUT2D eigenvalue weighted by molar-refractivity contribution is 5.91. The Hall–Kier alpha value is -3.15. The van der Waals surface area contributed by atoms with E-state index in [4.69, 9.17) is 9.47 Å². The highest BCUT2D eigenvalue weighted by Gasteiger charge is 2.12. The van der Waals surface area contributed by atoms with Gasteiger partial charge in [-0.15, -0.1) is 0 Å². The van der Waals surface area contributed by atoms with E-state index in [1.54, 1.807) is 48.7 Å². The fraction of sp³-hybridized carbons (Fsp3) is 0.516. The molecule has 0 radical (unpaired) electrons. The summed E-state index contributed by atoms with van der Waals surface area (Å²) < 4.78 is 10.8. The van der Waals surface area contributed by atoms with Crippen LogP contribution in [0, 0.1) is 0 Å². The third-order valence-electron chi connectivity index (χ3n) is 6.31. The van der Waals surface area contributed by atoms with Crippen LogP contribution in [0.3, 0.4) is 0 Å².